The van der Waals surface area contributed by atoms with Crippen molar-refractivity contribution in [2.24, 2.45) is 4.99 Å². The number of hydrogen-bond acceptors (Lipinski definition) is 9. The zero-order valence-electron chi connectivity index (χ0n) is 21.1. The van der Waals surface area contributed by atoms with Crippen molar-refractivity contribution in [1.82, 2.24) is 19.1 Å². The number of aliphatic hydroxyl groups is 3. The molecule has 0 bridgehead atoms. The molecule has 0 amide bonds. The van der Waals surface area contributed by atoms with Crippen LogP contribution in [0.1, 0.15) is 37.9 Å². The second kappa shape index (κ2) is 11.6. The Morgan fingerprint density at radius 2 is 1.82 bits per heavy atom. The molecule has 39 heavy (non-hydrogen) atoms. The van der Waals surface area contributed by atoms with Crippen LogP contribution >= 0.6 is 23.2 Å². The third kappa shape index (κ3) is 6.67. The van der Waals surface area contributed by atoms with Gasteiger partial charge in [-0.3, -0.25) is 23.7 Å². The first-order valence-electron chi connectivity index (χ1n) is 11.2. The number of pyridine rings is 2. The maximum atomic E-state index is 13.3. The van der Waals surface area contributed by atoms with Gasteiger partial charge in [0.2, 0.25) is 0 Å². The number of allylic oxidation sites excluding steroid dienone is 2. The number of halogens is 3. The Hall–Kier alpha value is -3.68. The third-order valence-corrected chi connectivity index (χ3v) is 5.74. The summed E-state index contributed by atoms with van der Waals surface area (Å²) in [6.45, 7) is 6.05. The zero-order chi connectivity index (χ0) is 29.1. The first-order chi connectivity index (χ1) is 18.2. The Kier molecular flexibility index (Phi) is 8.88. The monoisotopic (exact) mass is 579 g/mol. The SMILES string of the molecule is C/C=C/N=C(/C=C/n1c(C)cc(OC(O)(O)c2ncc(F)cc2Cl)c(Cl)c1=O)n1ccnc(C(C)(C)O)c1=O. The average molecular weight is 580 g/mol. The fourth-order valence-electron chi connectivity index (χ4n) is 3.30. The van der Waals surface area contributed by atoms with E-state index >= 15 is 0 Å². The highest BCUT2D eigenvalue weighted by Crippen LogP contribution is 2.31. The Morgan fingerprint density at radius 1 is 1.13 bits per heavy atom. The molecule has 3 N–H and O–H groups in total. The molecule has 3 aromatic rings. The van der Waals surface area contributed by atoms with Crippen molar-refractivity contribution >= 4 is 35.2 Å². The molecule has 3 aromatic heterocycles. The van der Waals surface area contributed by atoms with Crippen LogP contribution in [0.25, 0.3) is 6.20 Å². The van der Waals surface area contributed by atoms with Crippen molar-refractivity contribution < 1.29 is 24.4 Å². The van der Waals surface area contributed by atoms with Crippen molar-refractivity contribution in [3.8, 4) is 5.75 Å². The Balaban J connectivity index is 2.04. The quantitative estimate of drug-likeness (QED) is 0.219. The second-order valence-corrected chi connectivity index (χ2v) is 9.41. The molecule has 0 radical (unpaired) electrons. The van der Waals surface area contributed by atoms with Crippen LogP contribution in [0.4, 0.5) is 4.39 Å². The fraction of sp³-hybridized carbons (Fsp3) is 0.240. The number of ether oxygens (including phenoxy) is 1. The summed E-state index contributed by atoms with van der Waals surface area (Å²) in [5.41, 5.74) is -3.47. The van der Waals surface area contributed by atoms with Crippen LogP contribution in [0.2, 0.25) is 10.0 Å². The molecule has 0 saturated heterocycles. The van der Waals surface area contributed by atoms with Gasteiger partial charge < -0.3 is 20.1 Å². The molecule has 14 heteroatoms. The average Bonchev–Trinajstić information content (AvgIpc) is 2.83. The lowest BCUT2D eigenvalue weighted by Gasteiger charge is -2.23. The molecule has 0 aliphatic carbocycles. The van der Waals surface area contributed by atoms with E-state index in [9.17, 15) is 29.3 Å². The standard InChI is InChI=1S/C25H24Cl2FN5O6/c1-5-7-29-18(33-10-8-30-21(23(33)35)24(3,4)36)6-9-32-14(2)11-17(19(27)22(32)34)39-25(37,38)20-16(26)12-15(28)13-31-20/h5-13,36-38H,1-4H3/b7-5+,9-6+,29-18-. The number of aromatic nitrogens is 4. The van der Waals surface area contributed by atoms with Crippen molar-refractivity contribution in [2.45, 2.75) is 39.3 Å². The molecule has 0 aliphatic rings. The highest BCUT2D eigenvalue weighted by Gasteiger charge is 2.35. The first-order valence-corrected chi connectivity index (χ1v) is 12.0. The molecule has 3 heterocycles. The Morgan fingerprint density at radius 3 is 2.44 bits per heavy atom. The van der Waals surface area contributed by atoms with Gasteiger partial charge in [-0.1, -0.05) is 29.3 Å². The van der Waals surface area contributed by atoms with E-state index in [1.54, 1.807) is 13.0 Å². The third-order valence-electron chi connectivity index (χ3n) is 5.11. The molecule has 0 aliphatic heterocycles. The molecule has 3 rings (SSSR count). The van der Waals surface area contributed by atoms with Gasteiger partial charge in [0, 0.05) is 36.6 Å². The summed E-state index contributed by atoms with van der Waals surface area (Å²) < 4.78 is 20.7. The molecule has 0 aromatic carbocycles. The molecule has 0 saturated carbocycles. The smallest absolute Gasteiger partial charge is 0.370 e. The van der Waals surface area contributed by atoms with Crippen molar-refractivity contribution in [3.63, 3.8) is 0 Å². The first kappa shape index (κ1) is 29.9. The predicted molar refractivity (Wildman–Crippen MR) is 143 cm³/mol. The van der Waals surface area contributed by atoms with Crippen LogP contribution < -0.4 is 15.9 Å². The van der Waals surface area contributed by atoms with E-state index in [1.807, 2.05) is 0 Å². The van der Waals surface area contributed by atoms with Crippen LogP contribution in [-0.2, 0) is 11.6 Å². The van der Waals surface area contributed by atoms with Crippen molar-refractivity contribution in [2.75, 3.05) is 0 Å². The molecule has 0 spiro atoms. The van der Waals surface area contributed by atoms with Gasteiger partial charge in [0.1, 0.15) is 28.0 Å². The van der Waals surface area contributed by atoms with Crippen molar-refractivity contribution in [1.29, 1.82) is 0 Å². The minimum absolute atomic E-state index is 0.0792. The lowest BCUT2D eigenvalue weighted by molar-refractivity contribution is -0.306. The fourth-order valence-corrected chi connectivity index (χ4v) is 3.76. The van der Waals surface area contributed by atoms with E-state index in [2.05, 4.69) is 15.0 Å². The molecule has 11 nitrogen and oxygen atoms in total. The summed E-state index contributed by atoms with van der Waals surface area (Å²) in [5.74, 6) is -4.30. The number of nitrogens with zero attached hydrogens (tertiary/aromatic N) is 5. The normalized spacial score (nSPS) is 13.0. The van der Waals surface area contributed by atoms with Crippen LogP contribution in [0.15, 0.2) is 63.7 Å². The summed E-state index contributed by atoms with van der Waals surface area (Å²) in [7, 11) is 0. The summed E-state index contributed by atoms with van der Waals surface area (Å²) in [4.78, 5) is 37.7. The molecule has 0 atom stereocenters. The van der Waals surface area contributed by atoms with Crippen LogP contribution in [0.3, 0.4) is 0 Å². The summed E-state index contributed by atoms with van der Waals surface area (Å²) in [6, 6.07) is 2.04. The topological polar surface area (TPSA) is 152 Å². The highest BCUT2D eigenvalue weighted by atomic mass is 35.5. The van der Waals surface area contributed by atoms with E-state index in [-0.39, 0.29) is 17.2 Å². The van der Waals surface area contributed by atoms with E-state index in [4.69, 9.17) is 27.9 Å². The lowest BCUT2D eigenvalue weighted by Crippen LogP contribution is -2.36. The minimum atomic E-state index is -3.15. The predicted octanol–water partition coefficient (Wildman–Crippen LogP) is 2.91. The molecule has 0 fully saturated rings. The molecular formula is C25H24Cl2FN5O6. The van der Waals surface area contributed by atoms with Gasteiger partial charge in [-0.05, 0) is 39.8 Å². The number of aliphatic imine (C=N–C) groups is 1. The minimum Gasteiger partial charge on any atom is -0.433 e. The van der Waals surface area contributed by atoms with Crippen LogP contribution in [-0.4, -0.2) is 40.3 Å². The van der Waals surface area contributed by atoms with Gasteiger partial charge in [-0.15, -0.1) is 0 Å². The van der Waals surface area contributed by atoms with Gasteiger partial charge in [-0.2, -0.15) is 0 Å². The van der Waals surface area contributed by atoms with Gasteiger partial charge in [0.25, 0.3) is 11.1 Å². The zero-order valence-corrected chi connectivity index (χ0v) is 22.6. The van der Waals surface area contributed by atoms with Crippen molar-refractivity contribution in [3.05, 3.63) is 103 Å². The van der Waals surface area contributed by atoms with E-state index < -0.39 is 50.0 Å². The number of aryl methyl sites for hydroxylation is 1. The largest absolute Gasteiger partial charge is 0.433 e. The lowest BCUT2D eigenvalue weighted by atomic mass is 10.1. The van der Waals surface area contributed by atoms with E-state index in [1.165, 1.54) is 57.7 Å². The van der Waals surface area contributed by atoms with Gasteiger partial charge >= 0.3 is 5.97 Å². The molecule has 206 valence electrons. The summed E-state index contributed by atoms with van der Waals surface area (Å²) in [6.07, 6.45) is 9.06. The van der Waals surface area contributed by atoms with Gasteiger partial charge in [0.15, 0.2) is 11.4 Å². The van der Waals surface area contributed by atoms with Crippen LogP contribution in [0, 0.1) is 12.7 Å². The van der Waals surface area contributed by atoms with Gasteiger partial charge in [0.05, 0.1) is 11.2 Å². The van der Waals surface area contributed by atoms with E-state index in [0.717, 1.165) is 15.2 Å². The number of rotatable bonds is 7. The Labute approximate surface area is 231 Å². The maximum absolute atomic E-state index is 13.3. The highest BCUT2D eigenvalue weighted by molar-refractivity contribution is 6.32. The molecule has 0 unspecified atom stereocenters. The van der Waals surface area contributed by atoms with Gasteiger partial charge in [-0.25, -0.2) is 14.4 Å². The maximum Gasteiger partial charge on any atom is 0.370 e. The van der Waals surface area contributed by atoms with E-state index in [0.29, 0.717) is 6.20 Å². The number of hydrogen-bond donors (Lipinski definition) is 3. The Bertz CT molecular complexity index is 1610. The summed E-state index contributed by atoms with van der Waals surface area (Å²) in [5, 5.41) is 30.1. The summed E-state index contributed by atoms with van der Waals surface area (Å²) >= 11 is 12.0. The molecular weight excluding hydrogens is 556 g/mol. The second-order valence-electron chi connectivity index (χ2n) is 8.63. The van der Waals surface area contributed by atoms with Crippen LogP contribution in [0.5, 0.6) is 5.75 Å².